The monoisotopic (exact) mass is 415 g/mol. The van der Waals surface area contributed by atoms with Crippen molar-refractivity contribution in [3.63, 3.8) is 0 Å². The molecule has 0 bridgehead atoms. The topological polar surface area (TPSA) is 36.4 Å². The van der Waals surface area contributed by atoms with Gasteiger partial charge in [0.05, 0.1) is 6.54 Å². The Bertz CT molecular complexity index is 442. The van der Waals surface area contributed by atoms with Crippen LogP contribution in [0.5, 0.6) is 0 Å². The van der Waals surface area contributed by atoms with Crippen LogP contribution in [0.15, 0.2) is 28.1 Å². The molecule has 0 heterocycles. The standard InChI is InChI=1S/C13H19F2N3S.HI/c1-9-4-5-10(11(6-9)19-3)7-17-13(16-2)18-8-12(14)15;/h4-6,12H,7-8H2,1-3H3,(H2,16,17,18);1H. The molecule has 20 heavy (non-hydrogen) atoms. The molecule has 0 unspecified atom stereocenters. The molecule has 1 rings (SSSR count). The van der Waals surface area contributed by atoms with Crippen molar-refractivity contribution in [1.82, 2.24) is 10.6 Å². The number of hydrogen-bond donors (Lipinski definition) is 2. The van der Waals surface area contributed by atoms with Crippen molar-refractivity contribution in [3.8, 4) is 0 Å². The zero-order chi connectivity index (χ0) is 14.3. The molecular formula is C13H20F2IN3S. The Morgan fingerprint density at radius 1 is 1.35 bits per heavy atom. The molecule has 0 radical (unpaired) electrons. The number of nitrogens with one attached hydrogen (secondary N) is 2. The van der Waals surface area contributed by atoms with Crippen molar-refractivity contribution < 1.29 is 8.78 Å². The van der Waals surface area contributed by atoms with Gasteiger partial charge in [0.1, 0.15) is 0 Å². The largest absolute Gasteiger partial charge is 0.352 e. The lowest BCUT2D eigenvalue weighted by Crippen LogP contribution is -2.39. The minimum atomic E-state index is -2.39. The van der Waals surface area contributed by atoms with Crippen LogP contribution < -0.4 is 10.6 Å². The predicted molar refractivity (Wildman–Crippen MR) is 92.6 cm³/mol. The fraction of sp³-hybridized carbons (Fsp3) is 0.462. The molecule has 114 valence electrons. The summed E-state index contributed by atoms with van der Waals surface area (Å²) in [4.78, 5) is 5.08. The quantitative estimate of drug-likeness (QED) is 0.336. The first kappa shape index (κ1) is 19.4. The summed E-state index contributed by atoms with van der Waals surface area (Å²) in [7, 11) is 1.56. The van der Waals surface area contributed by atoms with Gasteiger partial charge in [-0.05, 0) is 30.4 Å². The van der Waals surface area contributed by atoms with Gasteiger partial charge in [0.15, 0.2) is 5.96 Å². The lowest BCUT2D eigenvalue weighted by atomic mass is 10.1. The highest BCUT2D eigenvalue weighted by Crippen LogP contribution is 2.21. The predicted octanol–water partition coefficient (Wildman–Crippen LogP) is 3.27. The third kappa shape index (κ3) is 6.74. The van der Waals surface area contributed by atoms with Crippen LogP contribution in [0, 0.1) is 6.92 Å². The molecule has 0 aliphatic rings. The van der Waals surface area contributed by atoms with E-state index in [4.69, 9.17) is 0 Å². The van der Waals surface area contributed by atoms with Crippen molar-refractivity contribution in [2.75, 3.05) is 19.8 Å². The molecule has 0 saturated heterocycles. The molecule has 0 saturated carbocycles. The van der Waals surface area contributed by atoms with Gasteiger partial charge in [0.25, 0.3) is 6.43 Å². The molecule has 0 amide bonds. The third-order valence-electron chi connectivity index (χ3n) is 2.54. The Morgan fingerprint density at radius 3 is 2.60 bits per heavy atom. The van der Waals surface area contributed by atoms with Gasteiger partial charge in [0, 0.05) is 18.5 Å². The number of nitrogens with zero attached hydrogens (tertiary/aromatic N) is 1. The van der Waals surface area contributed by atoms with Crippen molar-refractivity contribution >= 4 is 41.7 Å². The van der Waals surface area contributed by atoms with Crippen LogP contribution in [0.4, 0.5) is 8.78 Å². The molecule has 0 aliphatic carbocycles. The number of hydrogen-bond acceptors (Lipinski definition) is 2. The number of rotatable bonds is 5. The number of guanidine groups is 1. The highest BCUT2D eigenvalue weighted by Gasteiger charge is 2.06. The summed E-state index contributed by atoms with van der Waals surface area (Å²) in [5.74, 6) is 0.382. The zero-order valence-corrected chi connectivity index (χ0v) is 14.9. The average molecular weight is 415 g/mol. The molecule has 2 N–H and O–H groups in total. The summed E-state index contributed by atoms with van der Waals surface area (Å²) in [6, 6.07) is 6.18. The van der Waals surface area contributed by atoms with E-state index in [1.165, 1.54) is 10.5 Å². The first-order chi connectivity index (χ1) is 9.06. The van der Waals surface area contributed by atoms with Gasteiger partial charge in [0.2, 0.25) is 0 Å². The molecule has 7 heteroatoms. The third-order valence-corrected chi connectivity index (χ3v) is 3.36. The summed E-state index contributed by atoms with van der Waals surface area (Å²) in [6.45, 7) is 2.20. The smallest absolute Gasteiger partial charge is 0.255 e. The summed E-state index contributed by atoms with van der Waals surface area (Å²) in [6.07, 6.45) is -0.373. The summed E-state index contributed by atoms with van der Waals surface area (Å²) >= 11 is 1.67. The number of aryl methyl sites for hydroxylation is 1. The van der Waals surface area contributed by atoms with Gasteiger partial charge in [-0.2, -0.15) is 0 Å². The normalized spacial score (nSPS) is 11.2. The molecule has 0 fully saturated rings. The minimum Gasteiger partial charge on any atom is -0.352 e. The molecular weight excluding hydrogens is 395 g/mol. The van der Waals surface area contributed by atoms with E-state index in [0.717, 1.165) is 5.56 Å². The number of benzene rings is 1. The van der Waals surface area contributed by atoms with E-state index < -0.39 is 13.0 Å². The Kier molecular flexibility index (Phi) is 9.91. The molecule has 1 aromatic carbocycles. The lowest BCUT2D eigenvalue weighted by Gasteiger charge is -2.13. The fourth-order valence-corrected chi connectivity index (χ4v) is 2.28. The number of alkyl halides is 2. The maximum atomic E-state index is 12.1. The van der Waals surface area contributed by atoms with Crippen LogP contribution in [0.25, 0.3) is 0 Å². The Morgan fingerprint density at radius 2 is 2.05 bits per heavy atom. The number of halogens is 3. The molecule has 0 aliphatic heterocycles. The van der Waals surface area contributed by atoms with E-state index in [9.17, 15) is 8.78 Å². The Labute approximate surface area is 140 Å². The van der Waals surface area contributed by atoms with E-state index in [0.29, 0.717) is 12.5 Å². The van der Waals surface area contributed by atoms with Crippen LogP contribution in [0.1, 0.15) is 11.1 Å². The number of aliphatic imine (C=N–C) groups is 1. The first-order valence-electron chi connectivity index (χ1n) is 5.93. The van der Waals surface area contributed by atoms with Gasteiger partial charge < -0.3 is 10.6 Å². The second-order valence-corrected chi connectivity index (χ2v) is 4.86. The van der Waals surface area contributed by atoms with Crippen molar-refractivity contribution in [3.05, 3.63) is 29.3 Å². The van der Waals surface area contributed by atoms with Crippen LogP contribution in [-0.4, -0.2) is 32.2 Å². The Balaban J connectivity index is 0.00000361. The summed E-state index contributed by atoms with van der Waals surface area (Å²) < 4.78 is 24.2. The fourth-order valence-electron chi connectivity index (χ4n) is 1.57. The first-order valence-corrected chi connectivity index (χ1v) is 7.15. The highest BCUT2D eigenvalue weighted by molar-refractivity contribution is 14.0. The molecule has 0 aromatic heterocycles. The van der Waals surface area contributed by atoms with Gasteiger partial charge in [-0.15, -0.1) is 35.7 Å². The van der Waals surface area contributed by atoms with Crippen molar-refractivity contribution in [2.45, 2.75) is 24.8 Å². The van der Waals surface area contributed by atoms with E-state index in [1.54, 1.807) is 18.8 Å². The number of thioether (sulfide) groups is 1. The second-order valence-electron chi connectivity index (χ2n) is 4.01. The maximum Gasteiger partial charge on any atom is 0.255 e. The van der Waals surface area contributed by atoms with Crippen LogP contribution in [0.3, 0.4) is 0 Å². The van der Waals surface area contributed by atoms with E-state index in [-0.39, 0.29) is 24.0 Å². The van der Waals surface area contributed by atoms with Crippen LogP contribution in [0.2, 0.25) is 0 Å². The molecule has 0 spiro atoms. The molecule has 3 nitrogen and oxygen atoms in total. The maximum absolute atomic E-state index is 12.1. The van der Waals surface area contributed by atoms with E-state index >= 15 is 0 Å². The molecule has 0 atom stereocenters. The second kappa shape index (κ2) is 10.2. The highest BCUT2D eigenvalue weighted by atomic mass is 127. The minimum absolute atomic E-state index is 0. The van der Waals surface area contributed by atoms with Crippen molar-refractivity contribution in [2.24, 2.45) is 4.99 Å². The lowest BCUT2D eigenvalue weighted by molar-refractivity contribution is 0.152. The zero-order valence-electron chi connectivity index (χ0n) is 11.7. The van der Waals surface area contributed by atoms with E-state index in [1.807, 2.05) is 25.3 Å². The van der Waals surface area contributed by atoms with Gasteiger partial charge >= 0.3 is 0 Å². The van der Waals surface area contributed by atoms with Crippen molar-refractivity contribution in [1.29, 1.82) is 0 Å². The molecule has 1 aromatic rings. The van der Waals surface area contributed by atoms with Gasteiger partial charge in [-0.1, -0.05) is 12.1 Å². The van der Waals surface area contributed by atoms with Crippen LogP contribution >= 0.6 is 35.7 Å². The average Bonchev–Trinajstić information content (AvgIpc) is 2.39. The SMILES string of the molecule is CN=C(NCc1ccc(C)cc1SC)NCC(F)F.I. The van der Waals surface area contributed by atoms with Crippen LogP contribution in [-0.2, 0) is 6.54 Å². The van der Waals surface area contributed by atoms with E-state index in [2.05, 4.69) is 21.7 Å². The Hall–Kier alpha value is -0.570. The van der Waals surface area contributed by atoms with Gasteiger partial charge in [-0.3, -0.25) is 4.99 Å². The van der Waals surface area contributed by atoms with Gasteiger partial charge in [-0.25, -0.2) is 8.78 Å². The summed E-state index contributed by atoms with van der Waals surface area (Å²) in [5, 5.41) is 5.60. The summed E-state index contributed by atoms with van der Waals surface area (Å²) in [5.41, 5.74) is 2.33.